The lowest BCUT2D eigenvalue weighted by Gasteiger charge is -2.31. The zero-order valence-corrected chi connectivity index (χ0v) is 20.3. The average molecular weight is 479 g/mol. The van der Waals surface area contributed by atoms with Crippen LogP contribution in [0.25, 0.3) is 11.1 Å². The van der Waals surface area contributed by atoms with Gasteiger partial charge in [-0.25, -0.2) is 8.42 Å². The Hall–Kier alpha value is -3.16. The van der Waals surface area contributed by atoms with Crippen molar-refractivity contribution in [3.8, 4) is 16.9 Å². The van der Waals surface area contributed by atoms with Crippen LogP contribution in [-0.2, 0) is 14.8 Å². The minimum atomic E-state index is -3.58. The summed E-state index contributed by atoms with van der Waals surface area (Å²) in [5, 5.41) is 3.10. The molecule has 3 aromatic carbocycles. The van der Waals surface area contributed by atoms with E-state index >= 15 is 0 Å². The number of hydrogen-bond donors (Lipinski definition) is 1. The molecule has 0 bridgehead atoms. The van der Waals surface area contributed by atoms with Gasteiger partial charge in [0.15, 0.2) is 0 Å². The first kappa shape index (κ1) is 24.0. The number of benzene rings is 3. The van der Waals surface area contributed by atoms with E-state index in [0.29, 0.717) is 31.7 Å². The van der Waals surface area contributed by atoms with Crippen LogP contribution in [0, 0.1) is 5.92 Å². The van der Waals surface area contributed by atoms with Gasteiger partial charge < -0.3 is 10.1 Å². The van der Waals surface area contributed by atoms with Gasteiger partial charge in [0, 0.05) is 19.0 Å². The Morgan fingerprint density at radius 2 is 1.50 bits per heavy atom. The summed E-state index contributed by atoms with van der Waals surface area (Å²) in [7, 11) is -2.04. The van der Waals surface area contributed by atoms with Crippen molar-refractivity contribution in [2.24, 2.45) is 5.92 Å². The maximum Gasteiger partial charge on any atom is 0.243 e. The van der Waals surface area contributed by atoms with Gasteiger partial charge in [-0.1, -0.05) is 54.6 Å². The zero-order valence-electron chi connectivity index (χ0n) is 19.5. The largest absolute Gasteiger partial charge is 0.497 e. The number of piperidine rings is 1. The van der Waals surface area contributed by atoms with Crippen molar-refractivity contribution < 1.29 is 17.9 Å². The van der Waals surface area contributed by atoms with Gasteiger partial charge in [-0.3, -0.25) is 4.79 Å². The number of methoxy groups -OCH3 is 1. The monoisotopic (exact) mass is 478 g/mol. The van der Waals surface area contributed by atoms with Gasteiger partial charge in [-0.05, 0) is 60.7 Å². The van der Waals surface area contributed by atoms with Gasteiger partial charge in [0.1, 0.15) is 5.75 Å². The van der Waals surface area contributed by atoms with Gasteiger partial charge >= 0.3 is 0 Å². The molecule has 4 rings (SSSR count). The lowest BCUT2D eigenvalue weighted by atomic mass is 9.96. The lowest BCUT2D eigenvalue weighted by Crippen LogP contribution is -2.43. The third kappa shape index (κ3) is 5.32. The van der Waals surface area contributed by atoms with Crippen molar-refractivity contribution in [3.63, 3.8) is 0 Å². The van der Waals surface area contributed by atoms with Gasteiger partial charge in [-0.2, -0.15) is 4.31 Å². The van der Waals surface area contributed by atoms with Gasteiger partial charge in [0.05, 0.1) is 18.0 Å². The first-order valence-corrected chi connectivity index (χ1v) is 12.9. The number of amides is 1. The molecule has 7 heteroatoms. The third-order valence-electron chi connectivity index (χ3n) is 6.40. The molecule has 0 aliphatic carbocycles. The van der Waals surface area contributed by atoms with E-state index in [0.717, 1.165) is 16.7 Å². The predicted molar refractivity (Wildman–Crippen MR) is 133 cm³/mol. The van der Waals surface area contributed by atoms with Gasteiger partial charge in [-0.15, -0.1) is 0 Å². The molecule has 0 spiro atoms. The van der Waals surface area contributed by atoms with Gasteiger partial charge in [0.2, 0.25) is 15.9 Å². The summed E-state index contributed by atoms with van der Waals surface area (Å²) in [5.41, 5.74) is 3.32. The topological polar surface area (TPSA) is 75.7 Å². The molecule has 0 aromatic heterocycles. The summed E-state index contributed by atoms with van der Waals surface area (Å²) < 4.78 is 32.4. The molecule has 1 amide bonds. The van der Waals surface area contributed by atoms with E-state index in [1.165, 1.54) is 4.31 Å². The van der Waals surface area contributed by atoms with Crippen molar-refractivity contribution in [1.82, 2.24) is 9.62 Å². The normalized spacial score (nSPS) is 16.1. The van der Waals surface area contributed by atoms with E-state index in [4.69, 9.17) is 4.74 Å². The molecule has 1 N–H and O–H groups in total. The molecule has 1 saturated heterocycles. The summed E-state index contributed by atoms with van der Waals surface area (Å²) >= 11 is 0. The molecule has 0 radical (unpaired) electrons. The number of carbonyl (C=O) groups is 1. The summed E-state index contributed by atoms with van der Waals surface area (Å²) in [4.78, 5) is 13.1. The molecule has 1 aliphatic rings. The second-order valence-electron chi connectivity index (χ2n) is 8.57. The van der Waals surface area contributed by atoms with Crippen molar-refractivity contribution in [2.45, 2.75) is 30.7 Å². The van der Waals surface area contributed by atoms with Crippen molar-refractivity contribution in [2.75, 3.05) is 20.2 Å². The number of nitrogens with zero attached hydrogens (tertiary/aromatic N) is 1. The Bertz CT molecular complexity index is 1200. The fourth-order valence-corrected chi connectivity index (χ4v) is 5.73. The van der Waals surface area contributed by atoms with Crippen LogP contribution in [-0.4, -0.2) is 38.8 Å². The van der Waals surface area contributed by atoms with Crippen LogP contribution in [0.2, 0.25) is 0 Å². The van der Waals surface area contributed by atoms with Gasteiger partial charge in [0.25, 0.3) is 0 Å². The van der Waals surface area contributed by atoms with E-state index in [2.05, 4.69) is 29.6 Å². The lowest BCUT2D eigenvalue weighted by molar-refractivity contribution is -0.126. The second-order valence-corrected chi connectivity index (χ2v) is 10.5. The Kier molecular flexibility index (Phi) is 7.34. The highest BCUT2D eigenvalue weighted by Crippen LogP contribution is 2.26. The smallest absolute Gasteiger partial charge is 0.243 e. The number of rotatable bonds is 7. The SMILES string of the molecule is COc1ccc(S(=O)(=O)N2CCC(C(=O)NC(C)c3ccc(-c4ccccc4)cc3)CC2)cc1. The number of nitrogens with one attached hydrogen (secondary N) is 1. The first-order chi connectivity index (χ1) is 16.4. The van der Waals surface area contributed by atoms with E-state index in [9.17, 15) is 13.2 Å². The maximum atomic E-state index is 12.9. The average Bonchev–Trinajstić information content (AvgIpc) is 2.89. The molecular formula is C27H30N2O4S. The van der Waals surface area contributed by atoms with Crippen molar-refractivity contribution in [3.05, 3.63) is 84.4 Å². The van der Waals surface area contributed by atoms with Crippen LogP contribution in [0.15, 0.2) is 83.8 Å². The molecule has 0 saturated carbocycles. The molecule has 1 unspecified atom stereocenters. The van der Waals surface area contributed by atoms with Crippen LogP contribution in [0.3, 0.4) is 0 Å². The molecule has 1 heterocycles. The molecule has 1 fully saturated rings. The highest BCUT2D eigenvalue weighted by atomic mass is 32.2. The summed E-state index contributed by atoms with van der Waals surface area (Å²) in [6.07, 6.45) is 1.00. The van der Waals surface area contributed by atoms with Crippen molar-refractivity contribution in [1.29, 1.82) is 0 Å². The molecule has 1 atom stereocenters. The van der Waals surface area contributed by atoms with E-state index in [-0.39, 0.29) is 22.8 Å². The Morgan fingerprint density at radius 3 is 2.09 bits per heavy atom. The zero-order chi connectivity index (χ0) is 24.1. The Labute approximate surface area is 201 Å². The fraction of sp³-hybridized carbons (Fsp3) is 0.296. The van der Waals surface area contributed by atoms with Crippen LogP contribution < -0.4 is 10.1 Å². The second kappa shape index (κ2) is 10.4. The van der Waals surface area contributed by atoms with Crippen LogP contribution in [0.1, 0.15) is 31.4 Å². The van der Waals surface area contributed by atoms with Crippen LogP contribution in [0.5, 0.6) is 5.75 Å². The molecular weight excluding hydrogens is 448 g/mol. The van der Waals surface area contributed by atoms with Crippen LogP contribution >= 0.6 is 0 Å². The summed E-state index contributed by atoms with van der Waals surface area (Å²) in [6.45, 7) is 2.62. The summed E-state index contributed by atoms with van der Waals surface area (Å²) in [5.74, 6) is 0.382. The number of carbonyl (C=O) groups excluding carboxylic acids is 1. The third-order valence-corrected chi connectivity index (χ3v) is 8.31. The highest BCUT2D eigenvalue weighted by Gasteiger charge is 2.32. The fourth-order valence-electron chi connectivity index (χ4n) is 4.26. The molecule has 6 nitrogen and oxygen atoms in total. The minimum absolute atomic E-state index is 0.0267. The van der Waals surface area contributed by atoms with E-state index in [1.807, 2.05) is 37.3 Å². The van der Waals surface area contributed by atoms with Crippen molar-refractivity contribution >= 4 is 15.9 Å². The quantitative estimate of drug-likeness (QED) is 0.537. The minimum Gasteiger partial charge on any atom is -0.497 e. The Balaban J connectivity index is 1.32. The number of hydrogen-bond acceptors (Lipinski definition) is 4. The molecule has 34 heavy (non-hydrogen) atoms. The highest BCUT2D eigenvalue weighted by molar-refractivity contribution is 7.89. The number of ether oxygens (including phenoxy) is 1. The predicted octanol–water partition coefficient (Wildman–Crippen LogP) is 4.64. The van der Waals surface area contributed by atoms with Crippen LogP contribution in [0.4, 0.5) is 0 Å². The Morgan fingerprint density at radius 1 is 0.912 bits per heavy atom. The molecule has 178 valence electrons. The van der Waals surface area contributed by atoms with E-state index in [1.54, 1.807) is 31.4 Å². The molecule has 3 aromatic rings. The first-order valence-electron chi connectivity index (χ1n) is 11.5. The molecule has 1 aliphatic heterocycles. The maximum absolute atomic E-state index is 12.9. The van der Waals surface area contributed by atoms with E-state index < -0.39 is 10.0 Å². The number of sulfonamides is 1. The summed E-state index contributed by atoms with van der Waals surface area (Å²) in [6, 6.07) is 24.6. The standard InChI is InChI=1S/C27H30N2O4S/c1-20(21-8-10-23(11-9-21)22-6-4-3-5-7-22)28-27(30)24-16-18-29(19-17-24)34(31,32)26-14-12-25(33-2)13-15-26/h3-15,20,24H,16-19H2,1-2H3,(H,28,30).